The first kappa shape index (κ1) is 12.3. The third kappa shape index (κ3) is 4.17. The van der Waals surface area contributed by atoms with Gasteiger partial charge in [-0.05, 0) is 0 Å². The number of likely N-dealkylation sites (N-methyl/N-ethyl adjacent to an activating group) is 1. The van der Waals surface area contributed by atoms with Gasteiger partial charge in [0.15, 0.2) is 0 Å². The highest BCUT2D eigenvalue weighted by Gasteiger charge is 2.18. The van der Waals surface area contributed by atoms with Gasteiger partial charge >= 0.3 is 0 Å². The van der Waals surface area contributed by atoms with Gasteiger partial charge in [-0.1, -0.05) is 13.8 Å². The van der Waals surface area contributed by atoms with Crippen molar-refractivity contribution in [1.29, 1.82) is 0 Å². The molecular formula is C8H16N2O2S. The molecular weight excluding hydrogens is 188 g/mol. The molecule has 2 N–H and O–H groups in total. The Hall–Kier alpha value is -0.710. The second-order valence-corrected chi connectivity index (χ2v) is 3.38. The van der Waals surface area contributed by atoms with Crippen molar-refractivity contribution in [1.82, 2.24) is 10.6 Å². The molecule has 0 bridgehead atoms. The van der Waals surface area contributed by atoms with Gasteiger partial charge in [-0.25, -0.2) is 0 Å². The minimum Gasteiger partial charge on any atom is -0.357 e. The summed E-state index contributed by atoms with van der Waals surface area (Å²) in [6.07, 6.45) is 0. The van der Waals surface area contributed by atoms with Gasteiger partial charge < -0.3 is 10.6 Å². The van der Waals surface area contributed by atoms with E-state index in [2.05, 4.69) is 23.3 Å². The van der Waals surface area contributed by atoms with Gasteiger partial charge in [0.05, 0.1) is 0 Å². The molecule has 0 radical (unpaired) electrons. The summed E-state index contributed by atoms with van der Waals surface area (Å²) in [6, 6.07) is -0.539. The molecule has 0 rings (SSSR count). The lowest BCUT2D eigenvalue weighted by atomic mass is 10.2. The second kappa shape index (κ2) is 5.85. The molecule has 0 spiro atoms. The summed E-state index contributed by atoms with van der Waals surface area (Å²) in [7, 11) is 1.53. The normalized spacial score (nSPS) is 12.4. The highest BCUT2D eigenvalue weighted by Crippen LogP contribution is 1.94. The maximum absolute atomic E-state index is 11.2. The van der Waals surface area contributed by atoms with E-state index in [0.29, 0.717) is 5.75 Å². The third-order valence-corrected chi connectivity index (χ3v) is 1.95. The number of carbonyl (C=O) groups excluding carboxylic acids is 2. The SMILES string of the molecule is CNC(=O)C(CS)NC(=O)C(C)C. The van der Waals surface area contributed by atoms with E-state index in [-0.39, 0.29) is 17.7 Å². The van der Waals surface area contributed by atoms with Crippen molar-refractivity contribution in [3.8, 4) is 0 Å². The number of rotatable bonds is 4. The van der Waals surface area contributed by atoms with Crippen LogP contribution in [0.1, 0.15) is 13.8 Å². The molecule has 1 unspecified atom stereocenters. The van der Waals surface area contributed by atoms with Crippen molar-refractivity contribution in [3.05, 3.63) is 0 Å². The standard InChI is InChI=1S/C8H16N2O2S/c1-5(2)7(11)10-6(4-13)8(12)9-3/h5-6,13H,4H2,1-3H3,(H,9,12)(H,10,11). The van der Waals surface area contributed by atoms with Crippen molar-refractivity contribution >= 4 is 24.4 Å². The van der Waals surface area contributed by atoms with Crippen molar-refractivity contribution in [2.45, 2.75) is 19.9 Å². The lowest BCUT2D eigenvalue weighted by Crippen LogP contribution is -2.48. The van der Waals surface area contributed by atoms with Crippen LogP contribution in [0.5, 0.6) is 0 Å². The molecule has 0 aliphatic heterocycles. The summed E-state index contributed by atoms with van der Waals surface area (Å²) in [5, 5.41) is 5.05. The number of nitrogens with one attached hydrogen (secondary N) is 2. The van der Waals surface area contributed by atoms with Crippen LogP contribution in [0.3, 0.4) is 0 Å². The smallest absolute Gasteiger partial charge is 0.243 e. The zero-order chi connectivity index (χ0) is 10.4. The predicted octanol–water partition coefficient (Wildman–Crippen LogP) is -0.197. The minimum absolute atomic E-state index is 0.118. The van der Waals surface area contributed by atoms with Crippen LogP contribution in [-0.4, -0.2) is 30.7 Å². The fourth-order valence-corrected chi connectivity index (χ4v) is 0.964. The molecule has 76 valence electrons. The van der Waals surface area contributed by atoms with Gasteiger partial charge in [0, 0.05) is 18.7 Å². The average molecular weight is 204 g/mol. The topological polar surface area (TPSA) is 58.2 Å². The quantitative estimate of drug-likeness (QED) is 0.556. The molecule has 1 atom stereocenters. The van der Waals surface area contributed by atoms with E-state index >= 15 is 0 Å². The molecule has 0 aromatic rings. The largest absolute Gasteiger partial charge is 0.357 e. The maximum atomic E-state index is 11.2. The second-order valence-electron chi connectivity index (χ2n) is 3.01. The molecule has 13 heavy (non-hydrogen) atoms. The zero-order valence-corrected chi connectivity index (χ0v) is 9.02. The molecule has 0 aromatic heterocycles. The van der Waals surface area contributed by atoms with E-state index in [4.69, 9.17) is 0 Å². The molecule has 0 aliphatic carbocycles. The summed E-state index contributed by atoms with van der Waals surface area (Å²) in [6.45, 7) is 3.55. The van der Waals surface area contributed by atoms with E-state index < -0.39 is 6.04 Å². The average Bonchev–Trinajstić information content (AvgIpc) is 2.12. The number of carbonyl (C=O) groups is 2. The summed E-state index contributed by atoms with van der Waals surface area (Å²) in [5.41, 5.74) is 0. The molecule has 0 saturated heterocycles. The van der Waals surface area contributed by atoms with E-state index in [1.165, 1.54) is 7.05 Å². The van der Waals surface area contributed by atoms with Crippen LogP contribution in [0, 0.1) is 5.92 Å². The lowest BCUT2D eigenvalue weighted by molar-refractivity contribution is -0.129. The molecule has 0 aromatic carbocycles. The van der Waals surface area contributed by atoms with Gasteiger partial charge in [0.1, 0.15) is 6.04 Å². The third-order valence-electron chi connectivity index (χ3n) is 1.59. The van der Waals surface area contributed by atoms with Crippen LogP contribution in [0.15, 0.2) is 0 Å². The number of hydrogen-bond donors (Lipinski definition) is 3. The Morgan fingerprint density at radius 3 is 2.15 bits per heavy atom. The summed E-state index contributed by atoms with van der Waals surface area (Å²) in [4.78, 5) is 22.3. The first-order valence-corrected chi connectivity index (χ1v) is 4.79. The van der Waals surface area contributed by atoms with Gasteiger partial charge in [0.2, 0.25) is 11.8 Å². The monoisotopic (exact) mass is 204 g/mol. The Bertz CT molecular complexity index is 195. The first-order chi connectivity index (χ1) is 6.02. The van der Waals surface area contributed by atoms with Crippen molar-refractivity contribution < 1.29 is 9.59 Å². The highest BCUT2D eigenvalue weighted by molar-refractivity contribution is 7.80. The molecule has 0 aliphatic rings. The van der Waals surface area contributed by atoms with Crippen molar-refractivity contribution in [2.75, 3.05) is 12.8 Å². The Labute approximate surface area is 83.9 Å². The minimum atomic E-state index is -0.539. The van der Waals surface area contributed by atoms with E-state index in [9.17, 15) is 9.59 Å². The lowest BCUT2D eigenvalue weighted by Gasteiger charge is -2.16. The zero-order valence-electron chi connectivity index (χ0n) is 8.13. The Kier molecular flexibility index (Phi) is 5.53. The molecule has 5 heteroatoms. The Balaban J connectivity index is 4.13. The first-order valence-electron chi connectivity index (χ1n) is 4.15. The van der Waals surface area contributed by atoms with Crippen LogP contribution in [-0.2, 0) is 9.59 Å². The van der Waals surface area contributed by atoms with Crippen LogP contribution < -0.4 is 10.6 Å². The highest BCUT2D eigenvalue weighted by atomic mass is 32.1. The predicted molar refractivity (Wildman–Crippen MR) is 54.7 cm³/mol. The van der Waals surface area contributed by atoms with Crippen molar-refractivity contribution in [3.63, 3.8) is 0 Å². The number of thiol groups is 1. The van der Waals surface area contributed by atoms with E-state index in [1.807, 2.05) is 0 Å². The molecule has 0 heterocycles. The molecule has 2 amide bonds. The summed E-state index contributed by atoms with van der Waals surface area (Å²) < 4.78 is 0. The van der Waals surface area contributed by atoms with Crippen LogP contribution in [0.25, 0.3) is 0 Å². The molecule has 0 saturated carbocycles. The fraction of sp³-hybridized carbons (Fsp3) is 0.750. The number of hydrogen-bond acceptors (Lipinski definition) is 3. The Morgan fingerprint density at radius 1 is 1.31 bits per heavy atom. The van der Waals surface area contributed by atoms with Gasteiger partial charge in [-0.2, -0.15) is 12.6 Å². The van der Waals surface area contributed by atoms with Gasteiger partial charge in [0.25, 0.3) is 0 Å². The van der Waals surface area contributed by atoms with Crippen LogP contribution in [0.2, 0.25) is 0 Å². The number of amides is 2. The molecule has 4 nitrogen and oxygen atoms in total. The van der Waals surface area contributed by atoms with Gasteiger partial charge in [-0.15, -0.1) is 0 Å². The van der Waals surface area contributed by atoms with Crippen LogP contribution in [0.4, 0.5) is 0 Å². The van der Waals surface area contributed by atoms with E-state index in [1.54, 1.807) is 13.8 Å². The van der Waals surface area contributed by atoms with Crippen molar-refractivity contribution in [2.24, 2.45) is 5.92 Å². The van der Waals surface area contributed by atoms with Gasteiger partial charge in [-0.3, -0.25) is 9.59 Å². The van der Waals surface area contributed by atoms with E-state index in [0.717, 1.165) is 0 Å². The van der Waals surface area contributed by atoms with Crippen LogP contribution >= 0.6 is 12.6 Å². The summed E-state index contributed by atoms with van der Waals surface area (Å²) >= 11 is 3.98. The fourth-order valence-electron chi connectivity index (χ4n) is 0.707. The molecule has 0 fully saturated rings. The Morgan fingerprint density at radius 2 is 1.85 bits per heavy atom. The maximum Gasteiger partial charge on any atom is 0.243 e. The summed E-state index contributed by atoms with van der Waals surface area (Å²) in [5.74, 6) is -0.170.